The number of hydrogen-bond acceptors (Lipinski definition) is 5. The first-order chi connectivity index (χ1) is 20.2. The van der Waals surface area contributed by atoms with Gasteiger partial charge in [0, 0.05) is 47.3 Å². The summed E-state index contributed by atoms with van der Waals surface area (Å²) in [6.07, 6.45) is 2.15. The second-order valence-corrected chi connectivity index (χ2v) is 12.7. The van der Waals surface area contributed by atoms with E-state index in [1.807, 2.05) is 45.2 Å². The molecule has 1 atom stereocenters. The van der Waals surface area contributed by atoms with E-state index >= 15 is 0 Å². The number of aromatic nitrogens is 2. The van der Waals surface area contributed by atoms with Gasteiger partial charge in [-0.25, -0.2) is 4.98 Å². The number of pyridine rings is 1. The molecule has 1 aliphatic heterocycles. The van der Waals surface area contributed by atoms with Crippen molar-refractivity contribution in [1.29, 1.82) is 0 Å². The van der Waals surface area contributed by atoms with Crippen LogP contribution < -0.4 is 10.9 Å². The summed E-state index contributed by atoms with van der Waals surface area (Å²) in [5.41, 5.74) is 6.46. The van der Waals surface area contributed by atoms with Crippen LogP contribution in [0.2, 0.25) is 5.02 Å². The number of carbonyl (C=O) groups excluding carboxylic acids is 1. The molecular formula is C34H39ClN4O2S. The topological polar surface area (TPSA) is 67.2 Å². The predicted molar refractivity (Wildman–Crippen MR) is 174 cm³/mol. The Morgan fingerprint density at radius 3 is 2.43 bits per heavy atom. The number of rotatable bonds is 8. The highest BCUT2D eigenvalue weighted by Crippen LogP contribution is 2.32. The highest BCUT2D eigenvalue weighted by atomic mass is 35.5. The van der Waals surface area contributed by atoms with Gasteiger partial charge in [-0.1, -0.05) is 69.6 Å². The van der Waals surface area contributed by atoms with Crippen LogP contribution in [0.3, 0.4) is 0 Å². The quantitative estimate of drug-likeness (QED) is 0.235. The van der Waals surface area contributed by atoms with E-state index < -0.39 is 0 Å². The third-order valence-corrected chi connectivity index (χ3v) is 9.09. The molecule has 1 N–H and O–H groups in total. The van der Waals surface area contributed by atoms with Crippen LogP contribution in [0, 0.1) is 5.92 Å². The Bertz CT molecular complexity index is 1620. The molecule has 1 unspecified atom stereocenters. The molecule has 8 heteroatoms. The zero-order valence-corrected chi connectivity index (χ0v) is 26.6. The van der Waals surface area contributed by atoms with Crippen LogP contribution >= 0.6 is 22.9 Å². The van der Waals surface area contributed by atoms with E-state index in [1.54, 1.807) is 0 Å². The average Bonchev–Trinajstić information content (AvgIpc) is 3.47. The standard InChI is InChI=1S/C34H39ClN4O2S/c1-6-23-9-8-10-24(7-2)31(23)39-30(17-21(3)4)27(33(40)38-16-15-36-19-22(38)5)18-28(34(39)41)32-37-29(20-42-32)25-11-13-26(35)14-12-25/h8-14,18,20-22,36H,6-7,15-17,19H2,1-5H3. The Kier molecular flexibility index (Phi) is 9.31. The molecule has 2 aromatic carbocycles. The van der Waals surface area contributed by atoms with Crippen molar-refractivity contribution >= 4 is 28.8 Å². The van der Waals surface area contributed by atoms with Gasteiger partial charge in [0.25, 0.3) is 11.5 Å². The maximum atomic E-state index is 14.7. The van der Waals surface area contributed by atoms with Gasteiger partial charge in [-0.15, -0.1) is 11.3 Å². The molecule has 6 nitrogen and oxygen atoms in total. The minimum atomic E-state index is -0.136. The minimum Gasteiger partial charge on any atom is -0.333 e. The van der Waals surface area contributed by atoms with Crippen molar-refractivity contribution in [2.75, 3.05) is 19.6 Å². The molecule has 0 aliphatic carbocycles. The van der Waals surface area contributed by atoms with Crippen molar-refractivity contribution in [3.8, 4) is 27.5 Å². The van der Waals surface area contributed by atoms with Crippen LogP contribution in [0.25, 0.3) is 27.5 Å². The summed E-state index contributed by atoms with van der Waals surface area (Å²) >= 11 is 7.54. The maximum Gasteiger partial charge on any atom is 0.265 e. The molecule has 1 saturated heterocycles. The molecule has 1 fully saturated rings. The lowest BCUT2D eigenvalue weighted by Gasteiger charge is -2.35. The number of benzene rings is 2. The predicted octanol–water partition coefficient (Wildman–Crippen LogP) is 7.04. The summed E-state index contributed by atoms with van der Waals surface area (Å²) in [4.78, 5) is 36.0. The van der Waals surface area contributed by atoms with Crippen molar-refractivity contribution in [2.45, 2.75) is 59.9 Å². The number of thiazole rings is 1. The van der Waals surface area contributed by atoms with Crippen molar-refractivity contribution in [3.63, 3.8) is 0 Å². The van der Waals surface area contributed by atoms with Crippen LogP contribution in [0.1, 0.15) is 61.8 Å². The molecule has 0 bridgehead atoms. The summed E-state index contributed by atoms with van der Waals surface area (Å²) in [6.45, 7) is 12.7. The first-order valence-corrected chi connectivity index (χ1v) is 16.1. The van der Waals surface area contributed by atoms with Gasteiger partial charge < -0.3 is 10.2 Å². The van der Waals surface area contributed by atoms with Gasteiger partial charge >= 0.3 is 0 Å². The lowest BCUT2D eigenvalue weighted by molar-refractivity contribution is 0.0653. The molecule has 1 aliphatic rings. The van der Waals surface area contributed by atoms with Gasteiger partial charge in [0.15, 0.2) is 0 Å². The maximum absolute atomic E-state index is 14.7. The first-order valence-electron chi connectivity index (χ1n) is 14.9. The molecule has 0 radical (unpaired) electrons. The van der Waals surface area contributed by atoms with Crippen molar-refractivity contribution in [3.05, 3.63) is 91.7 Å². The summed E-state index contributed by atoms with van der Waals surface area (Å²) < 4.78 is 1.86. The molecule has 0 spiro atoms. The molecule has 1 amide bonds. The normalized spacial score (nSPS) is 15.4. The third-order valence-electron chi connectivity index (χ3n) is 7.96. The van der Waals surface area contributed by atoms with E-state index in [9.17, 15) is 9.59 Å². The second kappa shape index (κ2) is 12.9. The van der Waals surface area contributed by atoms with Gasteiger partial charge in [-0.2, -0.15) is 0 Å². The summed E-state index contributed by atoms with van der Waals surface area (Å²) in [5.74, 6) is 0.208. The van der Waals surface area contributed by atoms with Crippen LogP contribution in [0.15, 0.2) is 58.7 Å². The van der Waals surface area contributed by atoms with Gasteiger partial charge in [0.05, 0.1) is 22.5 Å². The highest BCUT2D eigenvalue weighted by Gasteiger charge is 2.30. The Morgan fingerprint density at radius 1 is 1.12 bits per heavy atom. The number of piperazine rings is 1. The number of halogens is 1. The van der Waals surface area contributed by atoms with Gasteiger partial charge in [0.1, 0.15) is 5.01 Å². The molecule has 42 heavy (non-hydrogen) atoms. The molecule has 3 heterocycles. The van der Waals surface area contributed by atoms with Crippen LogP contribution in [-0.4, -0.2) is 46.0 Å². The van der Waals surface area contributed by atoms with E-state index in [2.05, 4.69) is 58.1 Å². The Labute approximate surface area is 257 Å². The number of aryl methyl sites for hydroxylation is 2. The summed E-state index contributed by atoms with van der Waals surface area (Å²) in [7, 11) is 0. The fraction of sp³-hybridized carbons (Fsp3) is 0.382. The van der Waals surface area contributed by atoms with Crippen molar-refractivity contribution in [2.24, 2.45) is 5.92 Å². The zero-order valence-electron chi connectivity index (χ0n) is 25.0. The van der Waals surface area contributed by atoms with E-state index in [-0.39, 0.29) is 23.4 Å². The third kappa shape index (κ3) is 5.96. The monoisotopic (exact) mass is 602 g/mol. The second-order valence-electron chi connectivity index (χ2n) is 11.4. The van der Waals surface area contributed by atoms with E-state index in [0.717, 1.165) is 59.7 Å². The molecule has 5 rings (SSSR count). The zero-order chi connectivity index (χ0) is 30.0. The fourth-order valence-electron chi connectivity index (χ4n) is 5.77. The van der Waals surface area contributed by atoms with E-state index in [4.69, 9.17) is 16.6 Å². The van der Waals surface area contributed by atoms with Crippen molar-refractivity contribution in [1.82, 2.24) is 19.8 Å². The van der Waals surface area contributed by atoms with Crippen molar-refractivity contribution < 1.29 is 4.79 Å². The van der Waals surface area contributed by atoms with Crippen LogP contribution in [0.5, 0.6) is 0 Å². The molecule has 0 saturated carbocycles. The Morgan fingerprint density at radius 2 is 1.81 bits per heavy atom. The Balaban J connectivity index is 1.81. The van der Waals surface area contributed by atoms with Gasteiger partial charge in [0.2, 0.25) is 0 Å². The SMILES string of the molecule is CCc1cccc(CC)c1-n1c(CC(C)C)c(C(=O)N2CCNCC2C)cc(-c2nc(-c3ccc(Cl)cc3)cs2)c1=O. The van der Waals surface area contributed by atoms with Crippen LogP contribution in [0.4, 0.5) is 0 Å². The molecule has 220 valence electrons. The lowest BCUT2D eigenvalue weighted by atomic mass is 9.96. The summed E-state index contributed by atoms with van der Waals surface area (Å²) in [6, 6.07) is 15.6. The molecule has 4 aromatic rings. The fourth-order valence-corrected chi connectivity index (χ4v) is 6.73. The lowest BCUT2D eigenvalue weighted by Crippen LogP contribution is -2.52. The van der Waals surface area contributed by atoms with E-state index in [1.165, 1.54) is 11.3 Å². The van der Waals surface area contributed by atoms with Gasteiger partial charge in [-0.3, -0.25) is 14.2 Å². The summed E-state index contributed by atoms with van der Waals surface area (Å²) in [5, 5.41) is 6.61. The average molecular weight is 603 g/mol. The van der Waals surface area contributed by atoms with Gasteiger partial charge in [-0.05, 0) is 61.4 Å². The number of hydrogen-bond donors (Lipinski definition) is 1. The molecule has 2 aromatic heterocycles. The highest BCUT2D eigenvalue weighted by molar-refractivity contribution is 7.13. The smallest absolute Gasteiger partial charge is 0.265 e. The number of amides is 1. The number of carbonyl (C=O) groups is 1. The van der Waals surface area contributed by atoms with E-state index in [0.29, 0.717) is 34.1 Å². The molecular weight excluding hydrogens is 564 g/mol. The minimum absolute atomic E-state index is 0.0313. The largest absolute Gasteiger partial charge is 0.333 e. The Hall–Kier alpha value is -3.26. The number of nitrogens with one attached hydrogen (secondary N) is 1. The van der Waals surface area contributed by atoms with Crippen LogP contribution in [-0.2, 0) is 19.3 Å². The first kappa shape index (κ1) is 30.2. The number of para-hydroxylation sites is 1. The number of nitrogens with zero attached hydrogens (tertiary/aromatic N) is 3.